The zero-order chi connectivity index (χ0) is 22.1. The lowest BCUT2D eigenvalue weighted by Crippen LogP contribution is -2.29. The number of para-hydroxylation sites is 1. The number of rotatable bonds is 4. The maximum atomic E-state index is 13.0. The van der Waals surface area contributed by atoms with Gasteiger partial charge in [-0.15, -0.1) is 0 Å². The molecule has 2 heterocycles. The molecule has 1 saturated heterocycles. The van der Waals surface area contributed by atoms with Crippen LogP contribution in [-0.2, 0) is 9.59 Å². The van der Waals surface area contributed by atoms with Gasteiger partial charge in [0.25, 0.3) is 11.8 Å². The van der Waals surface area contributed by atoms with Crippen LogP contribution in [0, 0.1) is 5.92 Å². The van der Waals surface area contributed by atoms with E-state index in [-0.39, 0.29) is 11.8 Å². The number of amidine groups is 1. The van der Waals surface area contributed by atoms with Gasteiger partial charge in [0.2, 0.25) is 0 Å². The second-order valence-corrected chi connectivity index (χ2v) is 9.15. The van der Waals surface area contributed by atoms with Crippen LogP contribution in [0.1, 0.15) is 13.8 Å². The van der Waals surface area contributed by atoms with Crippen molar-refractivity contribution in [2.24, 2.45) is 16.0 Å². The fourth-order valence-electron chi connectivity index (χ4n) is 3.23. The van der Waals surface area contributed by atoms with E-state index in [0.717, 1.165) is 4.47 Å². The molecule has 0 spiro atoms. The highest BCUT2D eigenvalue weighted by Crippen LogP contribution is 2.36. The number of amides is 2. The number of hydrogen-bond donors (Lipinski definition) is 0. The zero-order valence-electron chi connectivity index (χ0n) is 16.8. The van der Waals surface area contributed by atoms with E-state index in [1.54, 1.807) is 24.0 Å². The van der Waals surface area contributed by atoms with Gasteiger partial charge in [-0.1, -0.05) is 29.8 Å². The first kappa shape index (κ1) is 21.8. The van der Waals surface area contributed by atoms with Crippen molar-refractivity contribution in [3.63, 3.8) is 0 Å². The van der Waals surface area contributed by atoms with Crippen molar-refractivity contribution < 1.29 is 9.59 Å². The fraction of sp³-hybridized carbons (Fsp3) is 0.182. The molecular weight excluding hydrogens is 500 g/mol. The minimum atomic E-state index is -0.591. The number of halogens is 2. The van der Waals surface area contributed by atoms with E-state index in [1.165, 1.54) is 16.8 Å². The Morgan fingerprint density at radius 2 is 1.97 bits per heavy atom. The molecule has 158 valence electrons. The topological polar surface area (TPSA) is 65.3 Å². The summed E-state index contributed by atoms with van der Waals surface area (Å²) in [6, 6.07) is 14.6. The Bertz CT molecular complexity index is 1150. The molecule has 0 unspecified atom stereocenters. The van der Waals surface area contributed by atoms with Crippen LogP contribution in [-0.4, -0.2) is 34.1 Å². The quantitative estimate of drug-likeness (QED) is 0.495. The van der Waals surface area contributed by atoms with Gasteiger partial charge in [-0.3, -0.25) is 14.5 Å². The van der Waals surface area contributed by atoms with Gasteiger partial charge in [0.1, 0.15) is 0 Å². The number of thioether (sulfide) groups is 1. The molecule has 9 heteroatoms. The van der Waals surface area contributed by atoms with Gasteiger partial charge in [-0.25, -0.2) is 4.99 Å². The number of nitrogens with zero attached hydrogens (tertiary/aromatic N) is 4. The summed E-state index contributed by atoms with van der Waals surface area (Å²) in [6.07, 6.45) is 1.69. The first-order valence-corrected chi connectivity index (χ1v) is 11.6. The Balaban J connectivity index is 1.62. The lowest BCUT2D eigenvalue weighted by molar-refractivity contribution is -0.122. The predicted octanol–water partition coefficient (Wildman–Crippen LogP) is 5.61. The number of carbonyl (C=O) groups excluding carboxylic acids is 2. The van der Waals surface area contributed by atoms with E-state index in [1.807, 2.05) is 49.4 Å². The number of benzene rings is 2. The molecule has 0 aliphatic carbocycles. The SMILES string of the molecule is CCN1C(=O)/C(=C/[C@H]2C(=O)N(c3ccccc3)N=C2C)SC1=Nc1ccc(Br)c(Cl)c1. The summed E-state index contributed by atoms with van der Waals surface area (Å²) >= 11 is 10.8. The van der Waals surface area contributed by atoms with E-state index in [0.29, 0.717) is 38.7 Å². The number of likely N-dealkylation sites (N-methyl/N-ethyl adjacent to an activating group) is 1. The smallest absolute Gasteiger partial charge is 0.266 e. The molecular formula is C22H18BrClN4O2S. The molecule has 0 radical (unpaired) electrons. The largest absolute Gasteiger partial charge is 0.287 e. The molecule has 2 aromatic carbocycles. The lowest BCUT2D eigenvalue weighted by Gasteiger charge is -2.13. The van der Waals surface area contributed by atoms with Crippen molar-refractivity contribution in [1.82, 2.24) is 4.90 Å². The Labute approximate surface area is 197 Å². The van der Waals surface area contributed by atoms with Gasteiger partial charge >= 0.3 is 0 Å². The van der Waals surface area contributed by atoms with Gasteiger partial charge in [-0.05, 0) is 77.9 Å². The van der Waals surface area contributed by atoms with Crippen LogP contribution >= 0.6 is 39.3 Å². The van der Waals surface area contributed by atoms with Crippen molar-refractivity contribution in [3.8, 4) is 0 Å². The summed E-state index contributed by atoms with van der Waals surface area (Å²) in [5.74, 6) is -0.946. The molecule has 2 aliphatic rings. The van der Waals surface area contributed by atoms with Gasteiger partial charge in [0.15, 0.2) is 5.17 Å². The summed E-state index contributed by atoms with van der Waals surface area (Å²) in [5, 5.41) is 6.88. The molecule has 6 nitrogen and oxygen atoms in total. The highest BCUT2D eigenvalue weighted by Gasteiger charge is 2.38. The molecule has 0 bridgehead atoms. The molecule has 0 N–H and O–H groups in total. The maximum absolute atomic E-state index is 13.0. The third kappa shape index (κ3) is 4.33. The van der Waals surface area contributed by atoms with Crippen LogP contribution < -0.4 is 5.01 Å². The van der Waals surface area contributed by atoms with Crippen molar-refractivity contribution >= 4 is 73.4 Å². The molecule has 0 saturated carbocycles. The van der Waals surface area contributed by atoms with Crippen molar-refractivity contribution in [2.45, 2.75) is 13.8 Å². The molecule has 2 amide bonds. The Morgan fingerprint density at radius 3 is 2.65 bits per heavy atom. The van der Waals surface area contributed by atoms with Crippen LogP contribution in [0.15, 0.2) is 74.1 Å². The zero-order valence-corrected chi connectivity index (χ0v) is 19.9. The molecule has 2 aliphatic heterocycles. The van der Waals surface area contributed by atoms with Gasteiger partial charge in [0, 0.05) is 11.0 Å². The second kappa shape index (κ2) is 8.98. The van der Waals surface area contributed by atoms with Crippen LogP contribution in [0.2, 0.25) is 5.02 Å². The van der Waals surface area contributed by atoms with Crippen LogP contribution in [0.3, 0.4) is 0 Å². The van der Waals surface area contributed by atoms with Crippen LogP contribution in [0.25, 0.3) is 0 Å². The number of aliphatic imine (C=N–C) groups is 1. The summed E-state index contributed by atoms with van der Waals surface area (Å²) in [7, 11) is 0. The fourth-order valence-corrected chi connectivity index (χ4v) is 4.72. The maximum Gasteiger partial charge on any atom is 0.266 e. The summed E-state index contributed by atoms with van der Waals surface area (Å²) in [5.41, 5.74) is 1.98. The van der Waals surface area contributed by atoms with E-state index in [9.17, 15) is 9.59 Å². The van der Waals surface area contributed by atoms with Crippen LogP contribution in [0.5, 0.6) is 0 Å². The molecule has 0 aromatic heterocycles. The van der Waals surface area contributed by atoms with Crippen molar-refractivity contribution in [3.05, 3.63) is 69.0 Å². The molecule has 1 atom stereocenters. The number of hydrogen-bond acceptors (Lipinski definition) is 5. The minimum Gasteiger partial charge on any atom is -0.287 e. The Hall–Kier alpha value is -2.42. The van der Waals surface area contributed by atoms with E-state index < -0.39 is 5.92 Å². The van der Waals surface area contributed by atoms with Crippen LogP contribution in [0.4, 0.5) is 11.4 Å². The molecule has 31 heavy (non-hydrogen) atoms. The number of hydrazone groups is 1. The monoisotopic (exact) mass is 516 g/mol. The summed E-state index contributed by atoms with van der Waals surface area (Å²) in [6.45, 7) is 4.15. The summed E-state index contributed by atoms with van der Waals surface area (Å²) < 4.78 is 0.777. The van der Waals surface area contributed by atoms with E-state index >= 15 is 0 Å². The second-order valence-electron chi connectivity index (χ2n) is 6.88. The average Bonchev–Trinajstić information content (AvgIpc) is 3.21. The van der Waals surface area contributed by atoms with E-state index in [2.05, 4.69) is 26.0 Å². The number of anilines is 1. The normalized spacial score (nSPS) is 21.5. The highest BCUT2D eigenvalue weighted by atomic mass is 79.9. The minimum absolute atomic E-state index is 0.173. The molecule has 4 rings (SSSR count). The average molecular weight is 518 g/mol. The van der Waals surface area contributed by atoms with Gasteiger partial charge < -0.3 is 0 Å². The first-order valence-electron chi connectivity index (χ1n) is 9.58. The standard InChI is InChI=1S/C22H18BrClN4O2S/c1-3-27-21(30)19(31-22(27)25-14-9-10-17(23)18(24)11-14)12-16-13(2)26-28(20(16)29)15-7-5-4-6-8-15/h4-12,16H,3H2,1-2H3/b19-12-,25-22?/t16-/m1/s1. The third-order valence-corrected chi connectivity index (χ3v) is 7.09. The van der Waals surface area contributed by atoms with Gasteiger partial charge in [0.05, 0.1) is 32.9 Å². The first-order chi connectivity index (χ1) is 14.9. The Morgan fingerprint density at radius 1 is 1.23 bits per heavy atom. The third-order valence-electron chi connectivity index (χ3n) is 4.83. The van der Waals surface area contributed by atoms with Crippen molar-refractivity contribution in [2.75, 3.05) is 11.6 Å². The number of carbonyl (C=O) groups is 2. The predicted molar refractivity (Wildman–Crippen MR) is 130 cm³/mol. The molecule has 1 fully saturated rings. The molecule has 2 aromatic rings. The lowest BCUT2D eigenvalue weighted by atomic mass is 10.0. The van der Waals surface area contributed by atoms with Gasteiger partial charge in [-0.2, -0.15) is 10.1 Å². The van der Waals surface area contributed by atoms with E-state index in [4.69, 9.17) is 11.6 Å². The van der Waals surface area contributed by atoms with Crippen molar-refractivity contribution in [1.29, 1.82) is 0 Å². The Kier molecular flexibility index (Phi) is 6.31. The highest BCUT2D eigenvalue weighted by molar-refractivity contribution is 9.10. The summed E-state index contributed by atoms with van der Waals surface area (Å²) in [4.78, 5) is 32.6.